The second-order valence-corrected chi connectivity index (χ2v) is 4.47. The average Bonchev–Trinajstić information content (AvgIpc) is 1.99. The largest absolute Gasteiger partial charge is 0.378 e. The number of nitrogens with zero attached hydrogens (tertiary/aromatic N) is 1. The van der Waals surface area contributed by atoms with E-state index in [2.05, 4.69) is 25.7 Å². The highest BCUT2D eigenvalue weighted by molar-refractivity contribution is 4.80. The molecule has 1 aliphatic rings. The van der Waals surface area contributed by atoms with Crippen molar-refractivity contribution in [2.75, 3.05) is 7.05 Å². The molecule has 1 heterocycles. The van der Waals surface area contributed by atoms with Crippen molar-refractivity contribution in [1.82, 2.24) is 4.90 Å². The monoisotopic (exact) mass is 171 g/mol. The molecule has 3 atom stereocenters. The molecule has 72 valence electrons. The number of hydrogen-bond acceptors (Lipinski definition) is 2. The van der Waals surface area contributed by atoms with Gasteiger partial charge in [-0.05, 0) is 38.6 Å². The van der Waals surface area contributed by atoms with Crippen LogP contribution in [0.15, 0.2) is 0 Å². The number of rotatable bonds is 1. The van der Waals surface area contributed by atoms with Crippen molar-refractivity contribution in [3.63, 3.8) is 0 Å². The Hall–Kier alpha value is -0.0800. The molecule has 12 heavy (non-hydrogen) atoms. The minimum absolute atomic E-state index is 0.221. The Morgan fingerprint density at radius 3 is 2.33 bits per heavy atom. The van der Waals surface area contributed by atoms with Crippen LogP contribution in [0, 0.1) is 11.8 Å². The molecular formula is C10H21NO. The fraction of sp³-hybridized carbons (Fsp3) is 1.00. The van der Waals surface area contributed by atoms with Gasteiger partial charge >= 0.3 is 0 Å². The van der Waals surface area contributed by atoms with Crippen LogP contribution in [0.5, 0.6) is 0 Å². The minimum Gasteiger partial charge on any atom is -0.378 e. The van der Waals surface area contributed by atoms with E-state index in [1.54, 1.807) is 0 Å². The van der Waals surface area contributed by atoms with Gasteiger partial charge in [-0.1, -0.05) is 13.8 Å². The van der Waals surface area contributed by atoms with Gasteiger partial charge in [-0.15, -0.1) is 0 Å². The van der Waals surface area contributed by atoms with Gasteiger partial charge in [-0.2, -0.15) is 0 Å². The summed E-state index contributed by atoms with van der Waals surface area (Å²) in [5.41, 5.74) is 0. The quantitative estimate of drug-likeness (QED) is 0.649. The second kappa shape index (κ2) is 3.75. The van der Waals surface area contributed by atoms with E-state index in [-0.39, 0.29) is 6.23 Å². The Balaban J connectivity index is 2.53. The summed E-state index contributed by atoms with van der Waals surface area (Å²) in [6, 6.07) is 0.529. The molecule has 1 rings (SSSR count). The van der Waals surface area contributed by atoms with E-state index in [1.165, 1.54) is 6.42 Å². The topological polar surface area (TPSA) is 23.5 Å². The number of likely N-dealkylation sites (tertiary alicyclic amines) is 1. The van der Waals surface area contributed by atoms with Crippen LogP contribution < -0.4 is 0 Å². The minimum atomic E-state index is -0.221. The van der Waals surface area contributed by atoms with Gasteiger partial charge in [0.2, 0.25) is 0 Å². The summed E-state index contributed by atoms with van der Waals surface area (Å²) in [7, 11) is 2.01. The third-order valence-electron chi connectivity index (χ3n) is 3.27. The van der Waals surface area contributed by atoms with Crippen LogP contribution >= 0.6 is 0 Å². The molecule has 0 saturated carbocycles. The maximum atomic E-state index is 9.69. The van der Waals surface area contributed by atoms with Gasteiger partial charge < -0.3 is 5.11 Å². The zero-order valence-electron chi connectivity index (χ0n) is 8.62. The summed E-state index contributed by atoms with van der Waals surface area (Å²) >= 11 is 0. The molecule has 1 saturated heterocycles. The van der Waals surface area contributed by atoms with Crippen molar-refractivity contribution >= 4 is 0 Å². The van der Waals surface area contributed by atoms with E-state index in [0.717, 1.165) is 6.42 Å². The first-order valence-electron chi connectivity index (χ1n) is 4.92. The van der Waals surface area contributed by atoms with E-state index in [4.69, 9.17) is 0 Å². The molecule has 0 spiro atoms. The third kappa shape index (κ3) is 1.99. The van der Waals surface area contributed by atoms with Gasteiger partial charge in [0.25, 0.3) is 0 Å². The lowest BCUT2D eigenvalue weighted by Crippen LogP contribution is -2.46. The molecule has 0 radical (unpaired) electrons. The van der Waals surface area contributed by atoms with Crippen molar-refractivity contribution in [3.05, 3.63) is 0 Å². The van der Waals surface area contributed by atoms with Crippen molar-refractivity contribution in [3.8, 4) is 0 Å². The Morgan fingerprint density at radius 2 is 1.92 bits per heavy atom. The highest BCUT2D eigenvalue weighted by atomic mass is 16.3. The molecule has 2 heteroatoms. The van der Waals surface area contributed by atoms with Crippen LogP contribution in [-0.2, 0) is 0 Å². The Morgan fingerprint density at radius 1 is 1.33 bits per heavy atom. The molecule has 0 bridgehead atoms. The van der Waals surface area contributed by atoms with Gasteiger partial charge in [0, 0.05) is 6.04 Å². The van der Waals surface area contributed by atoms with E-state index in [1.807, 2.05) is 7.05 Å². The summed E-state index contributed by atoms with van der Waals surface area (Å²) in [6.07, 6.45) is 1.95. The Kier molecular flexibility index (Phi) is 3.13. The normalized spacial score (nSPS) is 39.0. The van der Waals surface area contributed by atoms with Crippen LogP contribution in [0.3, 0.4) is 0 Å². The van der Waals surface area contributed by atoms with Crippen molar-refractivity contribution in [1.29, 1.82) is 0 Å². The summed E-state index contributed by atoms with van der Waals surface area (Å²) in [4.78, 5) is 2.07. The fourth-order valence-corrected chi connectivity index (χ4v) is 1.98. The van der Waals surface area contributed by atoms with Crippen LogP contribution in [0.2, 0.25) is 0 Å². The maximum Gasteiger partial charge on any atom is 0.107 e. The van der Waals surface area contributed by atoms with E-state index < -0.39 is 0 Å². The zero-order valence-corrected chi connectivity index (χ0v) is 8.62. The molecule has 0 aliphatic carbocycles. The first kappa shape index (κ1) is 10.0. The predicted molar refractivity (Wildman–Crippen MR) is 50.8 cm³/mol. The van der Waals surface area contributed by atoms with Crippen molar-refractivity contribution in [2.24, 2.45) is 11.8 Å². The highest BCUT2D eigenvalue weighted by Gasteiger charge is 2.30. The van der Waals surface area contributed by atoms with Crippen LogP contribution in [0.4, 0.5) is 0 Å². The van der Waals surface area contributed by atoms with Crippen LogP contribution in [0.1, 0.15) is 33.6 Å². The SMILES string of the molecule is CC(C)[C@@H]1C[C@H](C)N(C)[C@@H](O)C1. The molecule has 0 aromatic rings. The van der Waals surface area contributed by atoms with E-state index in [9.17, 15) is 5.11 Å². The second-order valence-electron chi connectivity index (χ2n) is 4.47. The molecule has 1 aliphatic heterocycles. The fourth-order valence-electron chi connectivity index (χ4n) is 1.98. The number of aliphatic hydroxyl groups excluding tert-OH is 1. The van der Waals surface area contributed by atoms with Gasteiger partial charge in [0.15, 0.2) is 0 Å². The number of aliphatic hydroxyl groups is 1. The molecule has 1 fully saturated rings. The molecule has 1 N–H and O–H groups in total. The van der Waals surface area contributed by atoms with Gasteiger partial charge in [-0.3, -0.25) is 4.90 Å². The summed E-state index contributed by atoms with van der Waals surface area (Å²) in [5.74, 6) is 1.40. The van der Waals surface area contributed by atoms with E-state index >= 15 is 0 Å². The Labute approximate surface area is 75.6 Å². The summed E-state index contributed by atoms with van der Waals surface area (Å²) in [5, 5.41) is 9.69. The smallest absolute Gasteiger partial charge is 0.107 e. The van der Waals surface area contributed by atoms with Gasteiger partial charge in [-0.25, -0.2) is 0 Å². The average molecular weight is 171 g/mol. The predicted octanol–water partition coefficient (Wildman–Crippen LogP) is 1.69. The van der Waals surface area contributed by atoms with Crippen molar-refractivity contribution in [2.45, 2.75) is 45.9 Å². The standard InChI is InChI=1S/C10H21NO/c1-7(2)9-5-8(3)11(4)10(12)6-9/h7-10,12H,5-6H2,1-4H3/t8-,9+,10-/m0/s1. The van der Waals surface area contributed by atoms with Crippen LogP contribution in [0.25, 0.3) is 0 Å². The van der Waals surface area contributed by atoms with E-state index in [0.29, 0.717) is 17.9 Å². The molecule has 0 amide bonds. The lowest BCUT2D eigenvalue weighted by Gasteiger charge is -2.40. The first-order valence-corrected chi connectivity index (χ1v) is 4.92. The first-order chi connectivity index (χ1) is 5.52. The zero-order chi connectivity index (χ0) is 9.30. The lowest BCUT2D eigenvalue weighted by molar-refractivity contribution is -0.0612. The highest BCUT2D eigenvalue weighted by Crippen LogP contribution is 2.30. The van der Waals surface area contributed by atoms with Crippen LogP contribution in [-0.4, -0.2) is 29.3 Å². The number of hydrogen-bond donors (Lipinski definition) is 1. The molecule has 2 nitrogen and oxygen atoms in total. The maximum absolute atomic E-state index is 9.69. The summed E-state index contributed by atoms with van der Waals surface area (Å²) in [6.45, 7) is 6.68. The Bertz CT molecular complexity index is 135. The molecule has 0 aromatic carbocycles. The number of piperidine rings is 1. The lowest BCUT2D eigenvalue weighted by atomic mass is 9.83. The third-order valence-corrected chi connectivity index (χ3v) is 3.27. The summed E-state index contributed by atoms with van der Waals surface area (Å²) < 4.78 is 0. The van der Waals surface area contributed by atoms with Gasteiger partial charge in [0.05, 0.1) is 0 Å². The molecular weight excluding hydrogens is 150 g/mol. The van der Waals surface area contributed by atoms with Crippen molar-refractivity contribution < 1.29 is 5.11 Å². The van der Waals surface area contributed by atoms with Gasteiger partial charge in [0.1, 0.15) is 6.23 Å². The molecule has 0 unspecified atom stereocenters. The molecule has 0 aromatic heterocycles.